The van der Waals surface area contributed by atoms with Gasteiger partial charge >= 0.3 is 12.0 Å². The molecule has 0 saturated carbocycles. The Bertz CT molecular complexity index is 513. The van der Waals surface area contributed by atoms with Crippen molar-refractivity contribution in [2.24, 2.45) is 0 Å². The van der Waals surface area contributed by atoms with Crippen LogP contribution in [-0.4, -0.2) is 59.1 Å². The molecule has 7 heteroatoms. The molecule has 0 bridgehead atoms. The highest BCUT2D eigenvalue weighted by Crippen LogP contribution is 2.24. The lowest BCUT2D eigenvalue weighted by Crippen LogP contribution is -2.39. The van der Waals surface area contributed by atoms with Crippen molar-refractivity contribution in [2.75, 3.05) is 31.5 Å². The lowest BCUT2D eigenvalue weighted by molar-refractivity contribution is 0.0698. The highest BCUT2D eigenvalue weighted by atomic mass is 32.1. The molecule has 1 saturated heterocycles. The Morgan fingerprint density at radius 2 is 2.19 bits per heavy atom. The lowest BCUT2D eigenvalue weighted by atomic mass is 10.2. The number of carbonyl (C=O) groups is 2. The number of carboxylic acids is 1. The Balaban J connectivity index is 1.96. The standard InChI is InChI=1S/C14H21N3O3S/c1-3-16(4-2)10-5-7-17(9-10)14(20)15-12-11(13(18)19)6-8-21-12/h6,8,10H,3-5,7,9H2,1-2H3,(H,15,20)(H,18,19). The molecule has 0 aliphatic carbocycles. The summed E-state index contributed by atoms with van der Waals surface area (Å²) in [7, 11) is 0. The number of thiophene rings is 1. The monoisotopic (exact) mass is 311 g/mol. The molecule has 2 rings (SSSR count). The first-order valence-corrected chi connectivity index (χ1v) is 8.05. The quantitative estimate of drug-likeness (QED) is 0.876. The third kappa shape index (κ3) is 3.54. The van der Waals surface area contributed by atoms with Gasteiger partial charge in [0.1, 0.15) is 5.00 Å². The number of anilines is 1. The van der Waals surface area contributed by atoms with Crippen LogP contribution >= 0.6 is 11.3 Å². The fraction of sp³-hybridized carbons (Fsp3) is 0.571. The summed E-state index contributed by atoms with van der Waals surface area (Å²) in [5.74, 6) is -1.02. The predicted molar refractivity (Wildman–Crippen MR) is 83.2 cm³/mol. The number of nitrogens with one attached hydrogen (secondary N) is 1. The van der Waals surface area contributed by atoms with E-state index in [1.807, 2.05) is 0 Å². The van der Waals surface area contributed by atoms with Gasteiger partial charge in [-0.2, -0.15) is 0 Å². The van der Waals surface area contributed by atoms with Crippen LogP contribution in [0, 0.1) is 0 Å². The fourth-order valence-corrected chi connectivity index (χ4v) is 3.48. The molecular weight excluding hydrogens is 290 g/mol. The third-order valence-electron chi connectivity index (χ3n) is 3.90. The summed E-state index contributed by atoms with van der Waals surface area (Å²) in [4.78, 5) is 27.4. The van der Waals surface area contributed by atoms with E-state index in [9.17, 15) is 9.59 Å². The number of nitrogens with zero attached hydrogens (tertiary/aromatic N) is 2. The average molecular weight is 311 g/mol. The Morgan fingerprint density at radius 3 is 2.81 bits per heavy atom. The predicted octanol–water partition coefficient (Wildman–Crippen LogP) is 2.39. The van der Waals surface area contributed by atoms with Gasteiger partial charge in [0.05, 0.1) is 5.56 Å². The molecule has 2 N–H and O–H groups in total. The second-order valence-corrected chi connectivity index (χ2v) is 5.92. The van der Waals surface area contributed by atoms with Crippen molar-refractivity contribution in [3.05, 3.63) is 17.0 Å². The Labute approximate surface area is 128 Å². The van der Waals surface area contributed by atoms with Crippen molar-refractivity contribution in [2.45, 2.75) is 26.3 Å². The van der Waals surface area contributed by atoms with Gasteiger partial charge in [0.25, 0.3) is 0 Å². The maximum absolute atomic E-state index is 12.2. The number of hydrogen-bond acceptors (Lipinski definition) is 4. The summed E-state index contributed by atoms with van der Waals surface area (Å²) < 4.78 is 0. The molecule has 1 aliphatic heterocycles. The molecular formula is C14H21N3O3S. The molecule has 1 unspecified atom stereocenters. The van der Waals surface area contributed by atoms with E-state index in [1.165, 1.54) is 17.4 Å². The minimum Gasteiger partial charge on any atom is -0.478 e. The minimum absolute atomic E-state index is 0.146. The van der Waals surface area contributed by atoms with Gasteiger partial charge < -0.3 is 10.0 Å². The van der Waals surface area contributed by atoms with Gasteiger partial charge in [0, 0.05) is 19.1 Å². The van der Waals surface area contributed by atoms with Crippen LogP contribution in [0.1, 0.15) is 30.6 Å². The van der Waals surface area contributed by atoms with E-state index in [-0.39, 0.29) is 11.6 Å². The minimum atomic E-state index is -1.02. The van der Waals surface area contributed by atoms with Crippen molar-refractivity contribution in [3.63, 3.8) is 0 Å². The molecule has 1 aromatic rings. The van der Waals surface area contributed by atoms with Crippen LogP contribution in [0.5, 0.6) is 0 Å². The Hall–Kier alpha value is -1.60. The molecule has 2 heterocycles. The van der Waals surface area contributed by atoms with E-state index in [0.29, 0.717) is 24.1 Å². The van der Waals surface area contributed by atoms with Crippen molar-refractivity contribution < 1.29 is 14.7 Å². The van der Waals surface area contributed by atoms with Gasteiger partial charge in [-0.15, -0.1) is 11.3 Å². The molecule has 116 valence electrons. The molecule has 2 amide bonds. The van der Waals surface area contributed by atoms with Gasteiger partial charge in [-0.1, -0.05) is 13.8 Å². The van der Waals surface area contributed by atoms with Crippen molar-refractivity contribution in [3.8, 4) is 0 Å². The van der Waals surface area contributed by atoms with Gasteiger partial charge in [-0.05, 0) is 31.0 Å². The van der Waals surface area contributed by atoms with E-state index in [0.717, 1.165) is 19.5 Å². The molecule has 1 atom stereocenters. The van der Waals surface area contributed by atoms with E-state index >= 15 is 0 Å². The third-order valence-corrected chi connectivity index (χ3v) is 4.73. The summed E-state index contributed by atoms with van der Waals surface area (Å²) in [6.07, 6.45) is 0.964. The molecule has 1 fully saturated rings. The summed E-state index contributed by atoms with van der Waals surface area (Å²) in [5.41, 5.74) is 0.146. The van der Waals surface area contributed by atoms with Crippen LogP contribution in [0.4, 0.5) is 9.80 Å². The Morgan fingerprint density at radius 1 is 1.48 bits per heavy atom. The van der Waals surface area contributed by atoms with Crippen molar-refractivity contribution in [1.29, 1.82) is 0 Å². The number of likely N-dealkylation sites (tertiary alicyclic amines) is 1. The second kappa shape index (κ2) is 6.91. The summed E-state index contributed by atoms with van der Waals surface area (Å²) in [6, 6.07) is 1.69. The van der Waals surface area contributed by atoms with Crippen LogP contribution in [0.15, 0.2) is 11.4 Å². The molecule has 0 spiro atoms. The number of carbonyl (C=O) groups excluding carboxylic acids is 1. The first-order chi connectivity index (χ1) is 10.1. The molecule has 1 aromatic heterocycles. The number of rotatable bonds is 5. The van der Waals surface area contributed by atoms with E-state index in [1.54, 1.807) is 10.3 Å². The van der Waals surface area contributed by atoms with Gasteiger partial charge in [0.15, 0.2) is 0 Å². The molecule has 0 aromatic carbocycles. The molecule has 21 heavy (non-hydrogen) atoms. The number of carboxylic acid groups (broad SMARTS) is 1. The number of hydrogen-bond donors (Lipinski definition) is 2. The van der Waals surface area contributed by atoms with Gasteiger partial charge in [-0.3, -0.25) is 10.2 Å². The highest BCUT2D eigenvalue weighted by molar-refractivity contribution is 7.14. The van der Waals surface area contributed by atoms with Crippen LogP contribution < -0.4 is 5.32 Å². The largest absolute Gasteiger partial charge is 0.478 e. The van der Waals surface area contributed by atoms with Crippen molar-refractivity contribution in [1.82, 2.24) is 9.80 Å². The normalized spacial score (nSPS) is 18.2. The summed E-state index contributed by atoms with van der Waals surface area (Å²) >= 11 is 1.23. The fourth-order valence-electron chi connectivity index (χ4n) is 2.71. The number of aromatic carboxylic acids is 1. The second-order valence-electron chi connectivity index (χ2n) is 5.01. The number of likely N-dealkylation sites (N-methyl/N-ethyl adjacent to an activating group) is 1. The maximum atomic E-state index is 12.2. The van der Waals surface area contributed by atoms with Crippen LogP contribution in [0.2, 0.25) is 0 Å². The first kappa shape index (κ1) is 15.8. The van der Waals surface area contributed by atoms with E-state index < -0.39 is 5.97 Å². The SMILES string of the molecule is CCN(CC)C1CCN(C(=O)Nc2sccc2C(=O)O)C1. The van der Waals surface area contributed by atoms with Gasteiger partial charge in [0.2, 0.25) is 0 Å². The van der Waals surface area contributed by atoms with Crippen molar-refractivity contribution >= 4 is 28.3 Å². The van der Waals surface area contributed by atoms with E-state index in [2.05, 4.69) is 24.1 Å². The Kier molecular flexibility index (Phi) is 5.19. The average Bonchev–Trinajstić information content (AvgIpc) is 3.09. The van der Waals surface area contributed by atoms with Crippen LogP contribution in [-0.2, 0) is 0 Å². The zero-order valence-corrected chi connectivity index (χ0v) is 13.2. The summed E-state index contributed by atoms with van der Waals surface area (Å²) in [6.45, 7) is 7.60. The topological polar surface area (TPSA) is 72.9 Å². The first-order valence-electron chi connectivity index (χ1n) is 7.17. The smallest absolute Gasteiger partial charge is 0.338 e. The molecule has 0 radical (unpaired) electrons. The maximum Gasteiger partial charge on any atom is 0.338 e. The summed E-state index contributed by atoms with van der Waals surface area (Å²) in [5, 5.41) is 13.8. The van der Waals surface area contributed by atoms with Crippen LogP contribution in [0.25, 0.3) is 0 Å². The molecule has 1 aliphatic rings. The lowest BCUT2D eigenvalue weighted by Gasteiger charge is -2.26. The number of amides is 2. The molecule has 6 nitrogen and oxygen atoms in total. The van der Waals surface area contributed by atoms with Gasteiger partial charge in [-0.25, -0.2) is 9.59 Å². The van der Waals surface area contributed by atoms with E-state index in [4.69, 9.17) is 5.11 Å². The highest BCUT2D eigenvalue weighted by Gasteiger charge is 2.29. The zero-order chi connectivity index (χ0) is 15.4. The number of urea groups is 1. The zero-order valence-electron chi connectivity index (χ0n) is 12.3. The van der Waals surface area contributed by atoms with Crippen LogP contribution in [0.3, 0.4) is 0 Å².